The van der Waals surface area contributed by atoms with Crippen molar-refractivity contribution in [2.45, 2.75) is 6.54 Å². The van der Waals surface area contributed by atoms with E-state index in [0.29, 0.717) is 48.1 Å². The van der Waals surface area contributed by atoms with Gasteiger partial charge in [0.25, 0.3) is 5.91 Å². The van der Waals surface area contributed by atoms with E-state index >= 15 is 0 Å². The van der Waals surface area contributed by atoms with Crippen molar-refractivity contribution < 1.29 is 24.1 Å². The van der Waals surface area contributed by atoms with Crippen LogP contribution in [0.5, 0.6) is 11.5 Å². The number of rotatable bonds is 7. The summed E-state index contributed by atoms with van der Waals surface area (Å²) in [6.07, 6.45) is 1.85. The Kier molecular flexibility index (Phi) is 7.60. The van der Waals surface area contributed by atoms with Crippen LogP contribution in [0.25, 0.3) is 11.6 Å². The molecule has 2 aromatic carbocycles. The zero-order valence-electron chi connectivity index (χ0n) is 21.6. The lowest BCUT2D eigenvalue weighted by atomic mass is 9.94. The fourth-order valence-electron chi connectivity index (χ4n) is 4.74. The number of nitrogens with zero attached hydrogens (tertiary/aromatic N) is 3. The normalized spacial score (nSPS) is 17.2. The van der Waals surface area contributed by atoms with Gasteiger partial charge in [0.05, 0.1) is 45.2 Å². The Labute approximate surface area is 222 Å². The Morgan fingerprint density at radius 2 is 1.74 bits per heavy atom. The number of aliphatic hydroxyl groups excluding tert-OH is 1. The third-order valence-corrected chi connectivity index (χ3v) is 6.70. The second-order valence-electron chi connectivity index (χ2n) is 9.13. The van der Waals surface area contributed by atoms with Gasteiger partial charge in [0.1, 0.15) is 11.6 Å². The topological polar surface area (TPSA) is 84.4 Å². The van der Waals surface area contributed by atoms with Crippen LogP contribution in [0.3, 0.4) is 0 Å². The molecular formula is C30H31N3O5. The van der Waals surface area contributed by atoms with Crippen LogP contribution in [0, 0.1) is 0 Å². The highest BCUT2D eigenvalue weighted by atomic mass is 16.5. The summed E-state index contributed by atoms with van der Waals surface area (Å²) in [5, 5.41) is 11.4. The standard InChI is InChI=1S/C30H31N3O5/c1-36-25-12-11-22(18-26(25)37-2)28-29(34)23(20-33(30(28)35)19-21-7-4-3-5-8-21)17-24-9-6-10-27(31-24)32-13-15-38-16-14-32/h3-12,17-18,34H,13-16,19-20H2,1-2H3/b23-17-. The molecule has 38 heavy (non-hydrogen) atoms. The number of pyridine rings is 1. The summed E-state index contributed by atoms with van der Waals surface area (Å²) in [5.74, 6) is 1.56. The fraction of sp³-hybridized carbons (Fsp3) is 0.267. The molecular weight excluding hydrogens is 482 g/mol. The zero-order chi connectivity index (χ0) is 26.5. The maximum Gasteiger partial charge on any atom is 0.258 e. The van der Waals surface area contributed by atoms with E-state index in [0.717, 1.165) is 24.5 Å². The van der Waals surface area contributed by atoms with Crippen molar-refractivity contribution >= 4 is 23.4 Å². The van der Waals surface area contributed by atoms with Crippen molar-refractivity contribution in [3.8, 4) is 11.5 Å². The average molecular weight is 514 g/mol. The van der Waals surface area contributed by atoms with Crippen LogP contribution in [0.2, 0.25) is 0 Å². The van der Waals surface area contributed by atoms with Crippen LogP contribution in [0.15, 0.2) is 78.1 Å². The van der Waals surface area contributed by atoms with Gasteiger partial charge in [-0.2, -0.15) is 0 Å². The minimum Gasteiger partial charge on any atom is -0.507 e. The van der Waals surface area contributed by atoms with E-state index in [-0.39, 0.29) is 23.8 Å². The number of morpholine rings is 1. The van der Waals surface area contributed by atoms with Gasteiger partial charge in [-0.15, -0.1) is 0 Å². The van der Waals surface area contributed by atoms with E-state index in [1.165, 1.54) is 0 Å². The Bertz CT molecular complexity index is 1360. The first-order valence-corrected chi connectivity index (χ1v) is 12.6. The first-order valence-electron chi connectivity index (χ1n) is 12.6. The summed E-state index contributed by atoms with van der Waals surface area (Å²) >= 11 is 0. The predicted molar refractivity (Wildman–Crippen MR) is 146 cm³/mol. The maximum atomic E-state index is 13.7. The fourth-order valence-corrected chi connectivity index (χ4v) is 4.74. The van der Waals surface area contributed by atoms with Gasteiger partial charge in [-0.25, -0.2) is 4.98 Å². The van der Waals surface area contributed by atoms with Crippen molar-refractivity contribution in [1.82, 2.24) is 9.88 Å². The molecule has 0 bridgehead atoms. The van der Waals surface area contributed by atoms with Gasteiger partial charge >= 0.3 is 0 Å². The number of anilines is 1. The van der Waals surface area contributed by atoms with Crippen LogP contribution < -0.4 is 14.4 Å². The van der Waals surface area contributed by atoms with Crippen molar-refractivity contribution in [2.75, 3.05) is 52.0 Å². The molecule has 0 radical (unpaired) electrons. The SMILES string of the molecule is COc1ccc(C2=C(O)/C(=C\c3cccc(N4CCOCC4)n3)CN(Cc3ccccc3)C2=O)cc1OC. The Morgan fingerprint density at radius 1 is 0.974 bits per heavy atom. The number of aromatic nitrogens is 1. The number of benzene rings is 2. The van der Waals surface area contributed by atoms with Crippen LogP contribution in [-0.4, -0.2) is 68.0 Å². The lowest BCUT2D eigenvalue weighted by molar-refractivity contribution is -0.125. The average Bonchev–Trinajstić information content (AvgIpc) is 2.96. The van der Waals surface area contributed by atoms with E-state index < -0.39 is 0 Å². The molecule has 8 nitrogen and oxygen atoms in total. The molecule has 2 aliphatic rings. The molecule has 1 aromatic heterocycles. The molecule has 3 heterocycles. The van der Waals surface area contributed by atoms with Gasteiger partial charge in [0.15, 0.2) is 11.5 Å². The lowest BCUT2D eigenvalue weighted by Crippen LogP contribution is -2.37. The van der Waals surface area contributed by atoms with Crippen LogP contribution in [-0.2, 0) is 16.1 Å². The number of hydrogen-bond acceptors (Lipinski definition) is 7. The molecule has 1 fully saturated rings. The van der Waals surface area contributed by atoms with Gasteiger partial charge in [-0.1, -0.05) is 42.5 Å². The number of carbonyl (C=O) groups excluding carboxylic acids is 1. The van der Waals surface area contributed by atoms with Gasteiger partial charge in [-0.05, 0) is 41.5 Å². The summed E-state index contributed by atoms with van der Waals surface area (Å²) < 4.78 is 16.3. The number of ether oxygens (including phenoxy) is 3. The highest BCUT2D eigenvalue weighted by molar-refractivity contribution is 6.22. The molecule has 1 amide bonds. The zero-order valence-corrected chi connectivity index (χ0v) is 21.6. The van der Waals surface area contributed by atoms with Crippen molar-refractivity contribution in [2.24, 2.45) is 0 Å². The van der Waals surface area contributed by atoms with Crippen LogP contribution in [0.1, 0.15) is 16.8 Å². The molecule has 3 aromatic rings. The van der Waals surface area contributed by atoms with Crippen molar-refractivity contribution in [1.29, 1.82) is 0 Å². The third kappa shape index (κ3) is 5.35. The lowest BCUT2D eigenvalue weighted by Gasteiger charge is -2.31. The summed E-state index contributed by atoms with van der Waals surface area (Å²) in [6, 6.07) is 20.8. The summed E-state index contributed by atoms with van der Waals surface area (Å²) in [7, 11) is 3.10. The van der Waals surface area contributed by atoms with Gasteiger partial charge in [0, 0.05) is 25.2 Å². The molecule has 0 spiro atoms. The predicted octanol–water partition coefficient (Wildman–Crippen LogP) is 4.33. The molecule has 1 saturated heterocycles. The molecule has 196 valence electrons. The van der Waals surface area contributed by atoms with Crippen molar-refractivity contribution in [3.63, 3.8) is 0 Å². The molecule has 8 heteroatoms. The molecule has 1 N–H and O–H groups in total. The van der Waals surface area contributed by atoms with Crippen LogP contribution in [0.4, 0.5) is 5.82 Å². The smallest absolute Gasteiger partial charge is 0.258 e. The van der Waals surface area contributed by atoms with E-state index in [1.54, 1.807) is 37.3 Å². The van der Waals surface area contributed by atoms with Crippen LogP contribution >= 0.6 is 0 Å². The quantitative estimate of drug-likeness (QED) is 0.503. The molecule has 0 aliphatic carbocycles. The number of carbonyl (C=O) groups is 1. The van der Waals surface area contributed by atoms with Gasteiger partial charge in [0.2, 0.25) is 0 Å². The summed E-state index contributed by atoms with van der Waals surface area (Å²) in [5.41, 5.74) is 3.07. The van der Waals surface area contributed by atoms with Gasteiger partial charge in [-0.3, -0.25) is 4.79 Å². The third-order valence-electron chi connectivity index (χ3n) is 6.70. The Morgan fingerprint density at radius 3 is 2.47 bits per heavy atom. The van der Waals surface area contributed by atoms with Crippen molar-refractivity contribution in [3.05, 3.63) is 94.9 Å². The Hall–Kier alpha value is -4.30. The number of aliphatic hydroxyl groups is 1. The number of methoxy groups -OCH3 is 2. The van der Waals surface area contributed by atoms with Gasteiger partial charge < -0.3 is 29.1 Å². The second kappa shape index (κ2) is 11.4. The van der Waals surface area contributed by atoms with E-state index in [2.05, 4.69) is 4.90 Å². The number of hydrogen-bond donors (Lipinski definition) is 1. The minimum atomic E-state index is -0.259. The Balaban J connectivity index is 1.56. The maximum absolute atomic E-state index is 13.7. The highest BCUT2D eigenvalue weighted by Crippen LogP contribution is 2.36. The molecule has 0 atom stereocenters. The largest absolute Gasteiger partial charge is 0.507 e. The van der Waals surface area contributed by atoms with E-state index in [4.69, 9.17) is 19.2 Å². The summed E-state index contributed by atoms with van der Waals surface area (Å²) in [4.78, 5) is 22.5. The highest BCUT2D eigenvalue weighted by Gasteiger charge is 2.32. The number of amides is 1. The molecule has 5 rings (SSSR count). The first kappa shape index (κ1) is 25.4. The second-order valence-corrected chi connectivity index (χ2v) is 9.13. The first-order chi connectivity index (χ1) is 18.6. The minimum absolute atomic E-state index is 0.0647. The summed E-state index contributed by atoms with van der Waals surface area (Å²) in [6.45, 7) is 3.55. The molecule has 2 aliphatic heterocycles. The molecule has 0 unspecified atom stereocenters. The van der Waals surface area contributed by atoms with E-state index in [9.17, 15) is 9.90 Å². The molecule has 0 saturated carbocycles. The monoisotopic (exact) mass is 513 g/mol. The van der Waals surface area contributed by atoms with E-state index in [1.807, 2.05) is 54.6 Å².